The second-order valence-corrected chi connectivity index (χ2v) is 5.77. The highest BCUT2D eigenvalue weighted by Gasteiger charge is 2.35. The van der Waals surface area contributed by atoms with Gasteiger partial charge in [0.1, 0.15) is 18.9 Å². The zero-order valence-electron chi connectivity index (χ0n) is 11.8. The SMILES string of the molecule is O=c1nc(-n2cncn2)c(/C=C/Br)cn1C1CC(O)C(CCl)O1. The summed E-state index contributed by atoms with van der Waals surface area (Å²) in [7, 11) is 0. The highest BCUT2D eigenvalue weighted by atomic mass is 79.9. The number of rotatable bonds is 4. The number of hydrogen-bond acceptors (Lipinski definition) is 6. The Hall–Kier alpha value is -1.55. The molecule has 1 N–H and O–H groups in total. The molecule has 23 heavy (non-hydrogen) atoms. The van der Waals surface area contributed by atoms with Crippen LogP contribution in [0.1, 0.15) is 18.2 Å². The van der Waals surface area contributed by atoms with Crippen LogP contribution in [0.25, 0.3) is 11.9 Å². The number of ether oxygens (including phenoxy) is 1. The van der Waals surface area contributed by atoms with E-state index in [4.69, 9.17) is 16.3 Å². The minimum absolute atomic E-state index is 0.158. The highest BCUT2D eigenvalue weighted by molar-refractivity contribution is 9.11. The third kappa shape index (κ3) is 3.23. The maximum absolute atomic E-state index is 12.3. The molecule has 0 radical (unpaired) electrons. The van der Waals surface area contributed by atoms with Gasteiger partial charge in [-0.15, -0.1) is 11.6 Å². The number of nitrogens with zero attached hydrogens (tertiary/aromatic N) is 5. The lowest BCUT2D eigenvalue weighted by atomic mass is 10.2. The summed E-state index contributed by atoms with van der Waals surface area (Å²) >= 11 is 8.96. The van der Waals surface area contributed by atoms with Crippen LogP contribution >= 0.6 is 27.5 Å². The van der Waals surface area contributed by atoms with Gasteiger partial charge < -0.3 is 9.84 Å². The number of halogens is 2. The number of aromatic nitrogens is 5. The van der Waals surface area contributed by atoms with E-state index in [9.17, 15) is 9.90 Å². The van der Waals surface area contributed by atoms with Crippen molar-refractivity contribution >= 4 is 33.6 Å². The van der Waals surface area contributed by atoms with Crippen LogP contribution in [0.3, 0.4) is 0 Å². The maximum Gasteiger partial charge on any atom is 0.351 e. The molecule has 8 nitrogen and oxygen atoms in total. The van der Waals surface area contributed by atoms with Crippen LogP contribution in [-0.4, -0.2) is 47.5 Å². The molecule has 1 aliphatic rings. The average Bonchev–Trinajstić information content (AvgIpc) is 3.18. The van der Waals surface area contributed by atoms with Crippen molar-refractivity contribution in [2.75, 3.05) is 5.88 Å². The summed E-state index contributed by atoms with van der Waals surface area (Å²) in [6.07, 6.45) is 4.60. The van der Waals surface area contributed by atoms with Gasteiger partial charge >= 0.3 is 5.69 Å². The Balaban J connectivity index is 2.03. The van der Waals surface area contributed by atoms with E-state index >= 15 is 0 Å². The van der Waals surface area contributed by atoms with E-state index in [-0.39, 0.29) is 12.3 Å². The van der Waals surface area contributed by atoms with Gasteiger partial charge in [-0.25, -0.2) is 14.5 Å². The summed E-state index contributed by atoms with van der Waals surface area (Å²) < 4.78 is 8.37. The Morgan fingerprint density at radius 3 is 3.00 bits per heavy atom. The zero-order valence-corrected chi connectivity index (χ0v) is 14.1. The molecule has 122 valence electrons. The van der Waals surface area contributed by atoms with Crippen molar-refractivity contribution in [3.63, 3.8) is 0 Å². The first-order chi connectivity index (χ1) is 11.1. The lowest BCUT2D eigenvalue weighted by Gasteiger charge is -2.16. The Morgan fingerprint density at radius 1 is 1.57 bits per heavy atom. The van der Waals surface area contributed by atoms with E-state index in [1.165, 1.54) is 21.9 Å². The molecule has 0 aliphatic carbocycles. The molecule has 0 spiro atoms. The third-order valence-corrected chi connectivity index (χ3v) is 4.07. The van der Waals surface area contributed by atoms with Crippen molar-refractivity contribution in [1.82, 2.24) is 24.3 Å². The average molecular weight is 403 g/mol. The van der Waals surface area contributed by atoms with Gasteiger partial charge in [0.2, 0.25) is 0 Å². The Bertz CT molecular complexity index is 763. The molecule has 0 amide bonds. The largest absolute Gasteiger partial charge is 0.390 e. The molecule has 1 fully saturated rings. The fourth-order valence-corrected chi connectivity index (χ4v) is 2.96. The molecule has 3 atom stereocenters. The van der Waals surface area contributed by atoms with Gasteiger partial charge in [-0.05, 0) is 11.1 Å². The van der Waals surface area contributed by atoms with E-state index in [2.05, 4.69) is 31.0 Å². The molecule has 2 aromatic heterocycles. The first kappa shape index (κ1) is 16.3. The van der Waals surface area contributed by atoms with Crippen molar-refractivity contribution in [3.05, 3.63) is 39.9 Å². The van der Waals surface area contributed by atoms with Crippen LogP contribution in [0.4, 0.5) is 0 Å². The van der Waals surface area contributed by atoms with Gasteiger partial charge in [0.05, 0.1) is 18.1 Å². The van der Waals surface area contributed by atoms with Gasteiger partial charge in [-0.3, -0.25) is 4.57 Å². The smallest absolute Gasteiger partial charge is 0.351 e. The molecule has 0 aromatic carbocycles. The van der Waals surface area contributed by atoms with Crippen LogP contribution in [0.2, 0.25) is 0 Å². The predicted molar refractivity (Wildman–Crippen MR) is 86.6 cm³/mol. The van der Waals surface area contributed by atoms with Crippen molar-refractivity contribution in [2.24, 2.45) is 0 Å². The summed E-state index contributed by atoms with van der Waals surface area (Å²) in [5.74, 6) is 0.511. The predicted octanol–water partition coefficient (Wildman–Crippen LogP) is 1.08. The van der Waals surface area contributed by atoms with E-state index < -0.39 is 24.1 Å². The fraction of sp³-hybridized carbons (Fsp3) is 0.385. The molecule has 10 heteroatoms. The molecule has 1 aliphatic heterocycles. The number of alkyl halides is 1. The van der Waals surface area contributed by atoms with E-state index in [0.717, 1.165) is 0 Å². The van der Waals surface area contributed by atoms with Gasteiger partial charge in [0, 0.05) is 18.2 Å². The number of hydrogen-bond donors (Lipinski definition) is 1. The van der Waals surface area contributed by atoms with Gasteiger partial charge in [-0.1, -0.05) is 15.9 Å². The van der Waals surface area contributed by atoms with Crippen LogP contribution < -0.4 is 5.69 Å². The first-order valence-electron chi connectivity index (χ1n) is 6.78. The topological polar surface area (TPSA) is 95.1 Å². The minimum atomic E-state index is -0.713. The summed E-state index contributed by atoms with van der Waals surface area (Å²) in [6.45, 7) is 0. The summed E-state index contributed by atoms with van der Waals surface area (Å²) in [6, 6.07) is 0. The normalized spacial score (nSPS) is 24.6. The molecule has 2 aromatic rings. The number of aliphatic hydroxyl groups excluding tert-OH is 1. The Morgan fingerprint density at radius 2 is 2.39 bits per heavy atom. The van der Waals surface area contributed by atoms with E-state index in [1.807, 2.05) is 0 Å². The molecular weight excluding hydrogens is 390 g/mol. The molecule has 3 heterocycles. The standard InChI is InChI=1S/C13H13BrClN5O3/c14-2-1-8-5-19(11-3-9(21)10(4-15)23-11)13(22)18-12(8)20-7-16-6-17-20/h1-2,5-7,9-11,21H,3-4H2/b2-1+. The monoisotopic (exact) mass is 401 g/mol. The van der Waals surface area contributed by atoms with Gasteiger partial charge in [0.15, 0.2) is 5.82 Å². The summed E-state index contributed by atoms with van der Waals surface area (Å²) in [5, 5.41) is 13.9. The summed E-state index contributed by atoms with van der Waals surface area (Å²) in [5.41, 5.74) is 0.133. The fourth-order valence-electron chi connectivity index (χ4n) is 2.39. The molecule has 1 saturated heterocycles. The second-order valence-electron chi connectivity index (χ2n) is 4.93. The van der Waals surface area contributed by atoms with Crippen LogP contribution in [0, 0.1) is 0 Å². The first-order valence-corrected chi connectivity index (χ1v) is 8.23. The van der Waals surface area contributed by atoms with Crippen molar-refractivity contribution in [3.8, 4) is 5.82 Å². The molecule has 3 rings (SSSR count). The van der Waals surface area contributed by atoms with Crippen LogP contribution in [0.15, 0.2) is 28.6 Å². The lowest BCUT2D eigenvalue weighted by molar-refractivity contribution is -0.00822. The lowest BCUT2D eigenvalue weighted by Crippen LogP contribution is -2.29. The van der Waals surface area contributed by atoms with Gasteiger partial charge in [0.25, 0.3) is 0 Å². The second kappa shape index (κ2) is 6.91. The molecular formula is C13H13BrClN5O3. The zero-order chi connectivity index (χ0) is 16.4. The van der Waals surface area contributed by atoms with Gasteiger partial charge in [-0.2, -0.15) is 10.1 Å². The van der Waals surface area contributed by atoms with Crippen LogP contribution in [0.5, 0.6) is 0 Å². The number of aliphatic hydroxyl groups is 1. The highest BCUT2D eigenvalue weighted by Crippen LogP contribution is 2.28. The van der Waals surface area contributed by atoms with Crippen molar-refractivity contribution in [1.29, 1.82) is 0 Å². The molecule has 3 unspecified atom stereocenters. The maximum atomic E-state index is 12.3. The quantitative estimate of drug-likeness (QED) is 0.769. The Kier molecular flexibility index (Phi) is 4.90. The molecule has 0 saturated carbocycles. The summed E-state index contributed by atoms with van der Waals surface area (Å²) in [4.78, 5) is 21.9. The van der Waals surface area contributed by atoms with E-state index in [1.54, 1.807) is 17.3 Å². The van der Waals surface area contributed by atoms with Crippen LogP contribution in [-0.2, 0) is 4.74 Å². The third-order valence-electron chi connectivity index (χ3n) is 3.50. The minimum Gasteiger partial charge on any atom is -0.390 e. The van der Waals surface area contributed by atoms with Crippen molar-refractivity contribution in [2.45, 2.75) is 24.9 Å². The van der Waals surface area contributed by atoms with Crippen molar-refractivity contribution < 1.29 is 9.84 Å². The van der Waals surface area contributed by atoms with E-state index in [0.29, 0.717) is 11.4 Å². The Labute approximate surface area is 144 Å². The molecule has 0 bridgehead atoms.